The number of aromatic amines is 1. The summed E-state index contributed by atoms with van der Waals surface area (Å²) in [5.74, 6) is 0.544. The van der Waals surface area contributed by atoms with Crippen LogP contribution >= 0.6 is 0 Å². The Hall–Kier alpha value is -3.33. The molecule has 0 aliphatic carbocycles. The lowest BCUT2D eigenvalue weighted by Gasteiger charge is -2.31. The first-order valence-electron chi connectivity index (χ1n) is 9.38. The van der Waals surface area contributed by atoms with Crippen LogP contribution in [0.1, 0.15) is 27.8 Å². The maximum atomic E-state index is 14.4. The van der Waals surface area contributed by atoms with E-state index in [0.29, 0.717) is 36.7 Å². The van der Waals surface area contributed by atoms with E-state index in [9.17, 15) is 9.18 Å². The summed E-state index contributed by atoms with van der Waals surface area (Å²) in [6.07, 6.45) is 0.367. The van der Waals surface area contributed by atoms with Gasteiger partial charge in [0, 0.05) is 18.5 Å². The van der Waals surface area contributed by atoms with Gasteiger partial charge in [0.05, 0.1) is 19.8 Å². The van der Waals surface area contributed by atoms with Crippen LogP contribution < -0.4 is 4.74 Å². The van der Waals surface area contributed by atoms with Gasteiger partial charge in [0.15, 0.2) is 0 Å². The molecule has 1 atom stereocenters. The largest absolute Gasteiger partial charge is 0.493 e. The number of ether oxygens (including phenoxy) is 2. The van der Waals surface area contributed by atoms with Crippen molar-refractivity contribution in [3.63, 3.8) is 0 Å². The van der Waals surface area contributed by atoms with Crippen molar-refractivity contribution in [3.05, 3.63) is 59.2 Å². The first-order valence-corrected chi connectivity index (χ1v) is 9.38. The minimum Gasteiger partial charge on any atom is -0.493 e. The van der Waals surface area contributed by atoms with Gasteiger partial charge in [-0.05, 0) is 47.0 Å². The lowest BCUT2D eigenvalue weighted by Crippen LogP contribution is -2.42. The van der Waals surface area contributed by atoms with E-state index in [0.717, 1.165) is 23.3 Å². The molecule has 3 heterocycles. The molecule has 1 amide bonds. The van der Waals surface area contributed by atoms with Crippen LogP contribution in [0.4, 0.5) is 4.39 Å². The number of tetrazole rings is 1. The lowest BCUT2D eigenvalue weighted by molar-refractivity contribution is -0.0268. The number of hydrogen-bond donors (Lipinski definition) is 1. The summed E-state index contributed by atoms with van der Waals surface area (Å²) in [6.45, 7) is 1.69. The van der Waals surface area contributed by atoms with E-state index in [4.69, 9.17) is 9.47 Å². The highest BCUT2D eigenvalue weighted by atomic mass is 19.1. The molecule has 3 aromatic rings. The molecule has 5 rings (SSSR count). The molecule has 148 valence electrons. The summed E-state index contributed by atoms with van der Waals surface area (Å²) < 4.78 is 25.5. The summed E-state index contributed by atoms with van der Waals surface area (Å²) in [5.41, 5.74) is 2.90. The fraction of sp³-hybridized carbons (Fsp3) is 0.300. The summed E-state index contributed by atoms with van der Waals surface area (Å²) in [7, 11) is 0. The number of rotatable bonds is 3. The molecule has 0 spiro atoms. The highest BCUT2D eigenvalue weighted by Gasteiger charge is 2.29. The standard InChI is InChI=1S/C20H18FN5O3/c21-16-9-14(12-1-2-17-13(7-12)3-5-28-17)8-15(10-16)20(27)26-4-6-29-18(11-26)19-22-24-25-23-19/h1-2,7-10,18H,3-6,11H2,(H,22,23,24,25). The second-order valence-corrected chi connectivity index (χ2v) is 7.03. The molecule has 0 radical (unpaired) electrons. The average Bonchev–Trinajstić information content (AvgIpc) is 3.44. The number of nitrogens with one attached hydrogen (secondary N) is 1. The Balaban J connectivity index is 1.41. The minimum absolute atomic E-state index is 0.257. The number of hydrogen-bond acceptors (Lipinski definition) is 6. The third-order valence-corrected chi connectivity index (χ3v) is 5.17. The molecule has 9 heteroatoms. The van der Waals surface area contributed by atoms with Gasteiger partial charge in [-0.15, -0.1) is 10.2 Å². The molecule has 2 aromatic carbocycles. The van der Waals surface area contributed by atoms with Gasteiger partial charge in [-0.3, -0.25) is 4.79 Å². The molecule has 2 aliphatic rings. The Labute approximate surface area is 165 Å². The van der Waals surface area contributed by atoms with Crippen molar-refractivity contribution >= 4 is 5.91 Å². The van der Waals surface area contributed by atoms with Crippen molar-refractivity contribution in [1.82, 2.24) is 25.5 Å². The third kappa shape index (κ3) is 3.44. The molecule has 2 aliphatic heterocycles. The molecule has 0 saturated carbocycles. The summed E-state index contributed by atoms with van der Waals surface area (Å²) in [6, 6.07) is 10.2. The van der Waals surface area contributed by atoms with Crippen molar-refractivity contribution in [2.45, 2.75) is 12.5 Å². The van der Waals surface area contributed by atoms with E-state index in [2.05, 4.69) is 20.6 Å². The Morgan fingerprint density at radius 1 is 1.17 bits per heavy atom. The summed E-state index contributed by atoms with van der Waals surface area (Å²) >= 11 is 0. The number of carbonyl (C=O) groups is 1. The zero-order valence-corrected chi connectivity index (χ0v) is 15.5. The molecule has 1 unspecified atom stereocenters. The predicted octanol–water partition coefficient (Wildman–Crippen LogP) is 2.15. The van der Waals surface area contributed by atoms with Crippen molar-refractivity contribution < 1.29 is 18.7 Å². The molecule has 1 fully saturated rings. The van der Waals surface area contributed by atoms with E-state index in [1.54, 1.807) is 11.0 Å². The van der Waals surface area contributed by atoms with Gasteiger partial charge in [0.2, 0.25) is 5.82 Å². The topological polar surface area (TPSA) is 93.2 Å². The van der Waals surface area contributed by atoms with E-state index < -0.39 is 11.9 Å². The van der Waals surface area contributed by atoms with Gasteiger partial charge in [0.1, 0.15) is 17.7 Å². The second-order valence-electron chi connectivity index (χ2n) is 7.03. The number of aromatic nitrogens is 4. The Morgan fingerprint density at radius 3 is 2.97 bits per heavy atom. The molecule has 1 aromatic heterocycles. The highest BCUT2D eigenvalue weighted by Crippen LogP contribution is 2.31. The van der Waals surface area contributed by atoms with Crippen LogP contribution in [0.3, 0.4) is 0 Å². The van der Waals surface area contributed by atoms with E-state index >= 15 is 0 Å². The molecule has 1 saturated heterocycles. The van der Waals surface area contributed by atoms with E-state index in [-0.39, 0.29) is 12.5 Å². The Morgan fingerprint density at radius 2 is 2.10 bits per heavy atom. The summed E-state index contributed by atoms with van der Waals surface area (Å²) in [5, 5.41) is 13.8. The third-order valence-electron chi connectivity index (χ3n) is 5.17. The van der Waals surface area contributed by atoms with Crippen molar-refractivity contribution in [1.29, 1.82) is 0 Å². The van der Waals surface area contributed by atoms with Gasteiger partial charge in [-0.2, -0.15) is 5.21 Å². The number of H-pyrrole nitrogens is 1. The quantitative estimate of drug-likeness (QED) is 0.731. The van der Waals surface area contributed by atoms with Crippen LogP contribution in [0.5, 0.6) is 5.75 Å². The predicted molar refractivity (Wildman–Crippen MR) is 99.8 cm³/mol. The van der Waals surface area contributed by atoms with Gasteiger partial charge in [0.25, 0.3) is 5.91 Å². The maximum absolute atomic E-state index is 14.4. The van der Waals surface area contributed by atoms with Crippen LogP contribution in [-0.2, 0) is 11.2 Å². The number of carbonyl (C=O) groups excluding carboxylic acids is 1. The highest BCUT2D eigenvalue weighted by molar-refractivity contribution is 5.95. The van der Waals surface area contributed by atoms with Gasteiger partial charge < -0.3 is 14.4 Å². The van der Waals surface area contributed by atoms with Crippen molar-refractivity contribution in [3.8, 4) is 16.9 Å². The number of amides is 1. The Kier molecular flexibility index (Phi) is 4.44. The first kappa shape index (κ1) is 17.7. The van der Waals surface area contributed by atoms with Crippen LogP contribution in [0, 0.1) is 5.82 Å². The van der Waals surface area contributed by atoms with Crippen molar-refractivity contribution in [2.24, 2.45) is 0 Å². The van der Waals surface area contributed by atoms with Crippen LogP contribution in [0.15, 0.2) is 36.4 Å². The van der Waals surface area contributed by atoms with E-state index in [1.165, 1.54) is 12.1 Å². The fourth-order valence-corrected chi connectivity index (χ4v) is 3.72. The van der Waals surface area contributed by atoms with Gasteiger partial charge in [-0.1, -0.05) is 11.3 Å². The van der Waals surface area contributed by atoms with E-state index in [1.807, 2.05) is 18.2 Å². The number of nitrogens with zero attached hydrogens (tertiary/aromatic N) is 4. The number of benzene rings is 2. The smallest absolute Gasteiger partial charge is 0.254 e. The second kappa shape index (κ2) is 7.25. The van der Waals surface area contributed by atoms with Gasteiger partial charge in [-0.25, -0.2) is 4.39 Å². The fourth-order valence-electron chi connectivity index (χ4n) is 3.72. The van der Waals surface area contributed by atoms with Crippen LogP contribution in [-0.4, -0.2) is 57.7 Å². The first-order chi connectivity index (χ1) is 14.2. The molecule has 29 heavy (non-hydrogen) atoms. The average molecular weight is 395 g/mol. The number of fused-ring (bicyclic) bond motifs is 1. The molecular weight excluding hydrogens is 377 g/mol. The van der Waals surface area contributed by atoms with Crippen LogP contribution in [0.2, 0.25) is 0 Å². The molecular formula is C20H18FN5O3. The maximum Gasteiger partial charge on any atom is 0.254 e. The summed E-state index contributed by atoms with van der Waals surface area (Å²) in [4.78, 5) is 14.7. The number of morpholine rings is 1. The minimum atomic E-state index is -0.462. The lowest BCUT2D eigenvalue weighted by atomic mass is 9.99. The van der Waals surface area contributed by atoms with Crippen LogP contribution in [0.25, 0.3) is 11.1 Å². The molecule has 8 nitrogen and oxygen atoms in total. The van der Waals surface area contributed by atoms with Crippen molar-refractivity contribution in [2.75, 3.05) is 26.3 Å². The molecule has 1 N–H and O–H groups in total. The SMILES string of the molecule is O=C(c1cc(F)cc(-c2ccc3c(c2)CCO3)c1)N1CCOC(c2nn[nH]n2)C1. The monoisotopic (exact) mass is 395 g/mol. The number of halogens is 1. The normalized spacial score (nSPS) is 18.4. The zero-order chi connectivity index (χ0) is 19.8. The Bertz CT molecular complexity index is 1060. The zero-order valence-electron chi connectivity index (χ0n) is 15.5. The molecule has 0 bridgehead atoms. The van der Waals surface area contributed by atoms with Gasteiger partial charge >= 0.3 is 0 Å².